The Morgan fingerprint density at radius 1 is 1.00 bits per heavy atom. The molecule has 0 bridgehead atoms. The zero-order valence-electron chi connectivity index (χ0n) is 15.9. The molecule has 2 aromatic rings. The van der Waals surface area contributed by atoms with Crippen LogP contribution in [0.4, 0.5) is 0 Å². The lowest BCUT2D eigenvalue weighted by molar-refractivity contribution is -0.108. The van der Waals surface area contributed by atoms with Crippen LogP contribution >= 0.6 is 0 Å². The second-order valence-electron chi connectivity index (χ2n) is 7.93. The lowest BCUT2D eigenvalue weighted by atomic mass is 10.2. The first-order valence-corrected chi connectivity index (χ1v) is 11.3. The van der Waals surface area contributed by atoms with Crippen LogP contribution in [-0.2, 0) is 14.0 Å². The predicted molar refractivity (Wildman–Crippen MR) is 108 cm³/mol. The highest BCUT2D eigenvalue weighted by molar-refractivity contribution is 6.99. The van der Waals surface area contributed by atoms with Gasteiger partial charge < -0.3 is 14.0 Å². The van der Waals surface area contributed by atoms with Crippen LogP contribution < -0.4 is 10.4 Å². The summed E-state index contributed by atoms with van der Waals surface area (Å²) in [5, 5.41) is 2.59. The van der Waals surface area contributed by atoms with Gasteiger partial charge in [-0.25, -0.2) is 0 Å². The van der Waals surface area contributed by atoms with Gasteiger partial charge in [0.2, 0.25) is 0 Å². The monoisotopic (exact) mass is 368 g/mol. The van der Waals surface area contributed by atoms with E-state index in [9.17, 15) is 4.79 Å². The van der Waals surface area contributed by atoms with Gasteiger partial charge in [-0.3, -0.25) is 0 Å². The van der Waals surface area contributed by atoms with Gasteiger partial charge in [-0.15, -0.1) is 0 Å². The number of carbonyl (C=O) groups excluding carboxylic acids is 1. The molecule has 1 aliphatic rings. The molecule has 0 radical (unpaired) electrons. The third-order valence-electron chi connectivity index (χ3n) is 5.12. The summed E-state index contributed by atoms with van der Waals surface area (Å²) in [6.45, 7) is 7.53. The van der Waals surface area contributed by atoms with Gasteiger partial charge in [-0.05, 0) is 28.3 Å². The molecule has 1 saturated heterocycles. The van der Waals surface area contributed by atoms with Crippen molar-refractivity contribution in [3.05, 3.63) is 60.7 Å². The van der Waals surface area contributed by atoms with Crippen molar-refractivity contribution in [1.82, 2.24) is 0 Å². The Bertz CT molecular complexity index is 670. The maximum Gasteiger partial charge on any atom is 0.261 e. The number of hydrogen-bond donors (Lipinski definition) is 0. The lowest BCUT2D eigenvalue weighted by Crippen LogP contribution is -2.66. The molecular weight excluding hydrogens is 340 g/mol. The molecule has 0 N–H and O–H groups in total. The van der Waals surface area contributed by atoms with E-state index in [1.165, 1.54) is 10.4 Å². The molecule has 3 nitrogen and oxygen atoms in total. The molecule has 138 valence electrons. The fraction of sp³-hybridized carbons (Fsp3) is 0.409. The Balaban J connectivity index is 1.86. The van der Waals surface area contributed by atoms with Crippen LogP contribution in [0.1, 0.15) is 33.6 Å². The Kier molecular flexibility index (Phi) is 5.75. The molecule has 4 heteroatoms. The first-order valence-electron chi connectivity index (χ1n) is 9.35. The van der Waals surface area contributed by atoms with Crippen molar-refractivity contribution >= 4 is 25.0 Å². The Morgan fingerprint density at radius 3 is 1.96 bits per heavy atom. The van der Waals surface area contributed by atoms with Gasteiger partial charge in [0.05, 0.1) is 6.10 Å². The van der Waals surface area contributed by atoms with E-state index in [4.69, 9.17) is 9.16 Å². The van der Waals surface area contributed by atoms with Crippen LogP contribution in [-0.4, -0.2) is 33.4 Å². The molecule has 26 heavy (non-hydrogen) atoms. The summed E-state index contributed by atoms with van der Waals surface area (Å²) in [7, 11) is -2.44. The van der Waals surface area contributed by atoms with Crippen molar-refractivity contribution < 1.29 is 14.0 Å². The highest BCUT2D eigenvalue weighted by atomic mass is 28.4. The van der Waals surface area contributed by atoms with Crippen molar-refractivity contribution in [2.75, 3.05) is 6.61 Å². The summed E-state index contributed by atoms with van der Waals surface area (Å²) in [5.74, 6) is 0. The van der Waals surface area contributed by atoms with Crippen LogP contribution in [0.5, 0.6) is 0 Å². The molecule has 0 amide bonds. The number of benzene rings is 2. The van der Waals surface area contributed by atoms with Gasteiger partial charge in [0.15, 0.2) is 6.29 Å². The second-order valence-corrected chi connectivity index (χ2v) is 12.2. The molecule has 1 heterocycles. The summed E-state index contributed by atoms with van der Waals surface area (Å²) in [6, 6.07) is 21.3. The third-order valence-corrected chi connectivity index (χ3v) is 10.2. The standard InChI is InChI=1S/C22H28O3Si/c1-22(2,3)26(18-11-6-4-7-12-18,19-13-8-5-9-14-19)24-16-10-15-20-21(17-23)25-20/h4-9,11-14,17,20-21H,10,15-16H2,1-3H3/t20-,21-/m1/s1. The van der Waals surface area contributed by atoms with Crippen LogP contribution in [0.25, 0.3) is 0 Å². The van der Waals surface area contributed by atoms with Crippen molar-refractivity contribution in [3.8, 4) is 0 Å². The van der Waals surface area contributed by atoms with Gasteiger partial charge >= 0.3 is 0 Å². The minimum atomic E-state index is -2.44. The van der Waals surface area contributed by atoms with Crippen LogP contribution in [0.2, 0.25) is 5.04 Å². The highest BCUT2D eigenvalue weighted by Gasteiger charge is 2.50. The summed E-state index contributed by atoms with van der Waals surface area (Å²) in [5.41, 5.74) is 0. The number of epoxide rings is 1. The van der Waals surface area contributed by atoms with Crippen molar-refractivity contribution in [2.24, 2.45) is 0 Å². The maximum atomic E-state index is 10.7. The first kappa shape index (κ1) is 19.0. The predicted octanol–water partition coefficient (Wildman–Crippen LogP) is 3.31. The van der Waals surface area contributed by atoms with E-state index in [-0.39, 0.29) is 17.2 Å². The molecule has 0 spiro atoms. The Morgan fingerprint density at radius 2 is 1.54 bits per heavy atom. The number of hydrogen-bond acceptors (Lipinski definition) is 3. The number of ether oxygens (including phenoxy) is 1. The van der Waals surface area contributed by atoms with Gasteiger partial charge in [-0.1, -0.05) is 81.4 Å². The van der Waals surface area contributed by atoms with Gasteiger partial charge in [0.25, 0.3) is 8.32 Å². The SMILES string of the molecule is CC(C)(C)[Si](OCCC[C@H]1O[C@@H]1C=O)(c1ccccc1)c1ccccc1. The number of rotatable bonds is 8. The average Bonchev–Trinajstić information content (AvgIpc) is 3.41. The van der Waals surface area contributed by atoms with E-state index >= 15 is 0 Å². The largest absolute Gasteiger partial charge is 0.407 e. The molecule has 1 fully saturated rings. The zero-order chi connectivity index (χ0) is 18.6. The molecule has 2 atom stereocenters. The summed E-state index contributed by atoms with van der Waals surface area (Å²) < 4.78 is 12.1. The molecular formula is C22H28O3Si. The average molecular weight is 369 g/mol. The Hall–Kier alpha value is -1.75. The van der Waals surface area contributed by atoms with E-state index in [0.717, 1.165) is 19.1 Å². The number of carbonyl (C=O) groups is 1. The minimum Gasteiger partial charge on any atom is -0.407 e. The molecule has 0 aliphatic carbocycles. The van der Waals surface area contributed by atoms with E-state index < -0.39 is 8.32 Å². The smallest absolute Gasteiger partial charge is 0.261 e. The van der Waals surface area contributed by atoms with E-state index in [1.54, 1.807) is 0 Å². The van der Waals surface area contributed by atoms with Crippen LogP contribution in [0.3, 0.4) is 0 Å². The Labute approximate surface area is 157 Å². The molecule has 0 unspecified atom stereocenters. The van der Waals surface area contributed by atoms with E-state index in [0.29, 0.717) is 6.61 Å². The van der Waals surface area contributed by atoms with Gasteiger partial charge in [0.1, 0.15) is 6.10 Å². The fourth-order valence-corrected chi connectivity index (χ4v) is 8.39. The molecule has 0 aromatic heterocycles. The minimum absolute atomic E-state index is 0.00286. The highest BCUT2D eigenvalue weighted by Crippen LogP contribution is 2.37. The van der Waals surface area contributed by atoms with Crippen molar-refractivity contribution in [1.29, 1.82) is 0 Å². The normalized spacial score (nSPS) is 20.0. The van der Waals surface area contributed by atoms with Crippen LogP contribution in [0, 0.1) is 0 Å². The van der Waals surface area contributed by atoms with Crippen molar-refractivity contribution in [2.45, 2.75) is 50.9 Å². The van der Waals surface area contributed by atoms with Crippen molar-refractivity contribution in [3.63, 3.8) is 0 Å². The summed E-state index contributed by atoms with van der Waals surface area (Å²) in [6.07, 6.45) is 2.58. The fourth-order valence-electron chi connectivity index (χ4n) is 3.78. The lowest BCUT2D eigenvalue weighted by Gasteiger charge is -2.43. The quantitative estimate of drug-likeness (QED) is 0.311. The topological polar surface area (TPSA) is 38.8 Å². The van der Waals surface area contributed by atoms with Gasteiger partial charge in [0, 0.05) is 6.61 Å². The van der Waals surface area contributed by atoms with Crippen LogP contribution in [0.15, 0.2) is 60.7 Å². The van der Waals surface area contributed by atoms with E-state index in [1.807, 2.05) is 0 Å². The summed E-state index contributed by atoms with van der Waals surface area (Å²) >= 11 is 0. The number of aldehydes is 1. The summed E-state index contributed by atoms with van der Waals surface area (Å²) in [4.78, 5) is 10.7. The molecule has 1 aliphatic heterocycles. The zero-order valence-corrected chi connectivity index (χ0v) is 16.9. The molecule has 2 aromatic carbocycles. The first-order chi connectivity index (χ1) is 12.5. The third kappa shape index (κ3) is 3.82. The van der Waals surface area contributed by atoms with Gasteiger partial charge in [-0.2, -0.15) is 0 Å². The second kappa shape index (κ2) is 7.87. The van der Waals surface area contributed by atoms with E-state index in [2.05, 4.69) is 81.4 Å². The molecule has 0 saturated carbocycles. The maximum absolute atomic E-state index is 10.7. The molecule has 3 rings (SSSR count).